The van der Waals surface area contributed by atoms with Gasteiger partial charge in [0.2, 0.25) is 0 Å². The van der Waals surface area contributed by atoms with Gasteiger partial charge in [0, 0.05) is 0 Å². The molecule has 0 saturated carbocycles. The summed E-state index contributed by atoms with van der Waals surface area (Å²) >= 11 is 3.12. The number of ether oxygens (including phenoxy) is 1. The van der Waals surface area contributed by atoms with E-state index in [1.165, 1.54) is 30.3 Å². The molecule has 0 atom stereocenters. The van der Waals surface area contributed by atoms with Crippen molar-refractivity contribution in [2.75, 3.05) is 0 Å². The lowest BCUT2D eigenvalue weighted by Gasteiger charge is -2.08. The van der Waals surface area contributed by atoms with Crippen LogP contribution >= 0.6 is 15.9 Å². The number of halogens is 3. The summed E-state index contributed by atoms with van der Waals surface area (Å²) in [6.07, 6.45) is 0. The summed E-state index contributed by atoms with van der Waals surface area (Å²) in [6.45, 7) is 0. The van der Waals surface area contributed by atoms with Crippen LogP contribution in [-0.2, 0) is 0 Å². The first kappa shape index (κ1) is 12.5. The maximum atomic E-state index is 13.6. The normalized spacial score (nSPS) is 9.89. The van der Waals surface area contributed by atoms with E-state index in [4.69, 9.17) is 10.00 Å². The molecule has 0 spiro atoms. The molecule has 18 heavy (non-hydrogen) atoms. The molecule has 0 unspecified atom stereocenters. The van der Waals surface area contributed by atoms with Crippen molar-refractivity contribution >= 4 is 15.9 Å². The van der Waals surface area contributed by atoms with Crippen LogP contribution in [-0.4, -0.2) is 0 Å². The lowest BCUT2D eigenvalue weighted by molar-refractivity contribution is 0.438. The zero-order valence-corrected chi connectivity index (χ0v) is 10.5. The van der Waals surface area contributed by atoms with Gasteiger partial charge in [0.05, 0.1) is 16.1 Å². The van der Waals surface area contributed by atoms with Crippen LogP contribution in [0, 0.1) is 23.0 Å². The van der Waals surface area contributed by atoms with E-state index < -0.39 is 11.6 Å². The highest BCUT2D eigenvalue weighted by molar-refractivity contribution is 9.10. The highest BCUT2D eigenvalue weighted by Gasteiger charge is 2.09. The molecule has 0 heterocycles. The lowest BCUT2D eigenvalue weighted by atomic mass is 10.2. The van der Waals surface area contributed by atoms with Gasteiger partial charge in [-0.3, -0.25) is 0 Å². The minimum atomic E-state index is -0.648. The fourth-order valence-corrected chi connectivity index (χ4v) is 1.76. The second-order valence-corrected chi connectivity index (χ2v) is 4.29. The van der Waals surface area contributed by atoms with Gasteiger partial charge in [-0.1, -0.05) is 0 Å². The lowest BCUT2D eigenvalue weighted by Crippen LogP contribution is -1.90. The third-order valence-corrected chi connectivity index (χ3v) is 2.79. The van der Waals surface area contributed by atoms with Gasteiger partial charge in [-0.25, -0.2) is 8.78 Å². The third-order valence-electron chi connectivity index (χ3n) is 2.17. The summed E-state index contributed by atoms with van der Waals surface area (Å²) in [6, 6.07) is 9.51. The number of hydrogen-bond donors (Lipinski definition) is 0. The van der Waals surface area contributed by atoms with E-state index in [0.717, 1.165) is 6.07 Å². The van der Waals surface area contributed by atoms with Gasteiger partial charge in [0.25, 0.3) is 0 Å². The molecule has 0 fully saturated rings. The fourth-order valence-electron chi connectivity index (χ4n) is 1.33. The Morgan fingerprint density at radius 1 is 1.06 bits per heavy atom. The van der Waals surface area contributed by atoms with Crippen LogP contribution in [0.25, 0.3) is 0 Å². The van der Waals surface area contributed by atoms with E-state index in [1.54, 1.807) is 0 Å². The van der Waals surface area contributed by atoms with Crippen molar-refractivity contribution in [2.24, 2.45) is 0 Å². The summed E-state index contributed by atoms with van der Waals surface area (Å²) in [4.78, 5) is 0. The molecule has 2 nitrogen and oxygen atoms in total. The van der Waals surface area contributed by atoms with Gasteiger partial charge in [-0.05, 0) is 52.3 Å². The van der Waals surface area contributed by atoms with Crippen molar-refractivity contribution in [3.8, 4) is 17.6 Å². The summed E-state index contributed by atoms with van der Waals surface area (Å²) < 4.78 is 32.1. The maximum absolute atomic E-state index is 13.6. The first-order valence-corrected chi connectivity index (χ1v) is 5.72. The van der Waals surface area contributed by atoms with E-state index in [9.17, 15) is 8.78 Å². The van der Waals surface area contributed by atoms with Crippen LogP contribution in [0.15, 0.2) is 40.9 Å². The van der Waals surface area contributed by atoms with Gasteiger partial charge in [-0.2, -0.15) is 5.26 Å². The Morgan fingerprint density at radius 2 is 1.78 bits per heavy atom. The Labute approximate surface area is 111 Å². The van der Waals surface area contributed by atoms with Crippen molar-refractivity contribution in [1.29, 1.82) is 5.26 Å². The Hall–Kier alpha value is -1.93. The molecular weight excluding hydrogens is 304 g/mol. The second kappa shape index (κ2) is 5.15. The molecule has 2 aromatic carbocycles. The molecule has 5 heteroatoms. The molecule has 0 saturated heterocycles. The molecule has 0 amide bonds. The predicted molar refractivity (Wildman–Crippen MR) is 65.3 cm³/mol. The van der Waals surface area contributed by atoms with Crippen LogP contribution in [0.4, 0.5) is 8.78 Å². The minimum Gasteiger partial charge on any atom is -0.453 e. The Bertz CT molecular complexity index is 637. The van der Waals surface area contributed by atoms with E-state index >= 15 is 0 Å². The van der Waals surface area contributed by atoms with Crippen LogP contribution in [0.2, 0.25) is 0 Å². The summed E-state index contributed by atoms with van der Waals surface area (Å²) in [7, 11) is 0. The molecule has 0 bridgehead atoms. The van der Waals surface area contributed by atoms with Crippen molar-refractivity contribution < 1.29 is 13.5 Å². The molecule has 0 aliphatic heterocycles. The summed E-state index contributed by atoms with van der Waals surface area (Å²) in [5.74, 6) is -0.805. The highest BCUT2D eigenvalue weighted by Crippen LogP contribution is 2.31. The van der Waals surface area contributed by atoms with Crippen molar-refractivity contribution in [3.63, 3.8) is 0 Å². The van der Waals surface area contributed by atoms with Gasteiger partial charge in [-0.15, -0.1) is 0 Å². The Kier molecular flexibility index (Phi) is 3.58. The third kappa shape index (κ3) is 2.66. The Morgan fingerprint density at radius 3 is 2.39 bits per heavy atom. The molecule has 0 aromatic heterocycles. The molecule has 0 aliphatic rings. The number of benzene rings is 2. The molecule has 90 valence electrons. The predicted octanol–water partition coefficient (Wildman–Crippen LogP) is 4.39. The quantitative estimate of drug-likeness (QED) is 0.824. The summed E-state index contributed by atoms with van der Waals surface area (Å²) in [5, 5.41) is 8.61. The van der Waals surface area contributed by atoms with Gasteiger partial charge in [0.15, 0.2) is 11.6 Å². The largest absolute Gasteiger partial charge is 0.453 e. The van der Waals surface area contributed by atoms with Gasteiger partial charge >= 0.3 is 0 Å². The van der Waals surface area contributed by atoms with Crippen molar-refractivity contribution in [2.45, 2.75) is 0 Å². The molecule has 2 aromatic rings. The van der Waals surface area contributed by atoms with Crippen molar-refractivity contribution in [3.05, 3.63) is 58.1 Å². The smallest absolute Gasteiger partial charge is 0.167 e. The SMILES string of the molecule is N#Cc1ccc(Oc2ccc(F)cc2Br)c(F)c1. The Balaban J connectivity index is 2.32. The number of nitriles is 1. The standard InChI is InChI=1S/C13H6BrF2NO/c14-10-6-9(15)2-4-12(10)18-13-3-1-8(7-17)5-11(13)16/h1-6H. The van der Waals surface area contributed by atoms with E-state index in [-0.39, 0.29) is 11.3 Å². The average Bonchev–Trinajstić information content (AvgIpc) is 2.34. The van der Waals surface area contributed by atoms with E-state index in [1.807, 2.05) is 6.07 Å². The minimum absolute atomic E-state index is 0.0266. The van der Waals surface area contributed by atoms with E-state index in [2.05, 4.69) is 15.9 Å². The monoisotopic (exact) mass is 309 g/mol. The van der Waals surface area contributed by atoms with Crippen LogP contribution in [0.1, 0.15) is 5.56 Å². The average molecular weight is 310 g/mol. The zero-order valence-electron chi connectivity index (χ0n) is 8.95. The van der Waals surface area contributed by atoms with Crippen LogP contribution in [0.5, 0.6) is 11.5 Å². The highest BCUT2D eigenvalue weighted by atomic mass is 79.9. The topological polar surface area (TPSA) is 33.0 Å². The van der Waals surface area contributed by atoms with Gasteiger partial charge in [0.1, 0.15) is 11.6 Å². The summed E-state index contributed by atoms with van der Waals surface area (Å²) in [5.41, 5.74) is 0.207. The molecule has 0 radical (unpaired) electrons. The fraction of sp³-hybridized carbons (Fsp3) is 0. The molecule has 0 aliphatic carbocycles. The first-order chi connectivity index (χ1) is 8.60. The number of hydrogen-bond acceptors (Lipinski definition) is 2. The molecule has 2 rings (SSSR count). The molecular formula is C13H6BrF2NO. The maximum Gasteiger partial charge on any atom is 0.167 e. The van der Waals surface area contributed by atoms with Crippen LogP contribution < -0.4 is 4.74 Å². The number of rotatable bonds is 2. The molecule has 0 N–H and O–H groups in total. The van der Waals surface area contributed by atoms with E-state index in [0.29, 0.717) is 10.2 Å². The second-order valence-electron chi connectivity index (χ2n) is 3.43. The number of nitrogens with zero attached hydrogens (tertiary/aromatic N) is 1. The van der Waals surface area contributed by atoms with Gasteiger partial charge < -0.3 is 4.74 Å². The van der Waals surface area contributed by atoms with Crippen molar-refractivity contribution in [1.82, 2.24) is 0 Å². The van der Waals surface area contributed by atoms with Crippen LogP contribution in [0.3, 0.4) is 0 Å². The zero-order chi connectivity index (χ0) is 13.1. The first-order valence-electron chi connectivity index (χ1n) is 4.92.